The normalized spacial score (nSPS) is 11.0. The average Bonchev–Trinajstić information content (AvgIpc) is 2.57. The number of amides is 1. The van der Waals surface area contributed by atoms with Gasteiger partial charge in [0, 0.05) is 30.5 Å². The lowest BCUT2D eigenvalue weighted by Gasteiger charge is -2.11. The second-order valence-corrected chi connectivity index (χ2v) is 7.59. The van der Waals surface area contributed by atoms with Gasteiger partial charge >= 0.3 is 0 Å². The van der Waals surface area contributed by atoms with Gasteiger partial charge in [-0.2, -0.15) is 4.99 Å². The molecule has 1 aromatic carbocycles. The number of rotatable bonds is 6. The summed E-state index contributed by atoms with van der Waals surface area (Å²) in [6.45, 7) is 2.27. The largest absolute Gasteiger partial charge is 0.436 e. The first kappa shape index (κ1) is 20.1. The van der Waals surface area contributed by atoms with Crippen molar-refractivity contribution in [3.63, 3.8) is 0 Å². The molecule has 11 heteroatoms. The van der Waals surface area contributed by atoms with Gasteiger partial charge in [0.1, 0.15) is 10.6 Å². The maximum Gasteiger partial charge on any atom is 0.280 e. The number of nitrogens with zero attached hydrogens (tertiary/aromatic N) is 3. The molecule has 10 nitrogen and oxygen atoms in total. The Kier molecular flexibility index (Phi) is 5.95. The van der Waals surface area contributed by atoms with E-state index in [-0.39, 0.29) is 27.6 Å². The van der Waals surface area contributed by atoms with Gasteiger partial charge in [0.15, 0.2) is 15.8 Å². The Balaban J connectivity index is 2.48. The number of hydrogen-bond donors (Lipinski definition) is 2. The molecule has 1 heterocycles. The van der Waals surface area contributed by atoms with E-state index in [1.165, 1.54) is 28.9 Å². The molecule has 2 aromatic rings. The van der Waals surface area contributed by atoms with Gasteiger partial charge in [-0.15, -0.1) is 5.10 Å². The predicted molar refractivity (Wildman–Crippen MR) is 98.6 cm³/mol. The molecular formula is C16H19N5O5S. The van der Waals surface area contributed by atoms with Crippen molar-refractivity contribution in [2.75, 3.05) is 6.26 Å². The first-order chi connectivity index (χ1) is 12.6. The zero-order valence-corrected chi connectivity index (χ0v) is 15.6. The molecular weight excluding hydrogens is 374 g/mol. The fourth-order valence-corrected chi connectivity index (χ4v) is 2.98. The average molecular weight is 393 g/mol. The van der Waals surface area contributed by atoms with Gasteiger partial charge in [0.25, 0.3) is 11.5 Å². The standard InChI is InChI=1S/C16H19N5O5S/c1-3-8-21-14(22)7-6-13(20-21)26-11-5-4-10(15(23)19-16(17)18)9-12(11)27(2,24)25/h4-7,9H,3,8H2,1-2H3,(H4,17,18,19,23). The minimum Gasteiger partial charge on any atom is -0.436 e. The van der Waals surface area contributed by atoms with E-state index < -0.39 is 21.7 Å². The maximum absolute atomic E-state index is 12.1. The summed E-state index contributed by atoms with van der Waals surface area (Å²) in [6.07, 6.45) is 1.65. The van der Waals surface area contributed by atoms with E-state index in [1.807, 2.05) is 6.92 Å². The van der Waals surface area contributed by atoms with Crippen LogP contribution in [0.5, 0.6) is 11.6 Å². The minimum absolute atomic E-state index is 0.0277. The summed E-state index contributed by atoms with van der Waals surface area (Å²) in [7, 11) is -3.75. The number of hydrogen-bond acceptors (Lipinski definition) is 6. The van der Waals surface area contributed by atoms with Crippen molar-refractivity contribution in [2.24, 2.45) is 16.5 Å². The van der Waals surface area contributed by atoms with Crippen LogP contribution in [0.4, 0.5) is 0 Å². The van der Waals surface area contributed by atoms with Crippen molar-refractivity contribution in [3.05, 3.63) is 46.2 Å². The molecule has 0 saturated carbocycles. The van der Waals surface area contributed by atoms with Crippen molar-refractivity contribution in [2.45, 2.75) is 24.8 Å². The number of carbonyl (C=O) groups is 1. The monoisotopic (exact) mass is 393 g/mol. The van der Waals surface area contributed by atoms with E-state index in [4.69, 9.17) is 16.2 Å². The first-order valence-electron chi connectivity index (χ1n) is 7.86. The summed E-state index contributed by atoms with van der Waals surface area (Å²) in [6, 6.07) is 6.33. The maximum atomic E-state index is 12.1. The van der Waals surface area contributed by atoms with E-state index in [2.05, 4.69) is 10.1 Å². The number of aryl methyl sites for hydroxylation is 1. The molecule has 0 aliphatic heterocycles. The van der Waals surface area contributed by atoms with E-state index in [0.29, 0.717) is 13.0 Å². The Hall–Kier alpha value is -3.21. The fourth-order valence-electron chi connectivity index (χ4n) is 2.17. The molecule has 0 aliphatic carbocycles. The Morgan fingerprint density at radius 2 is 1.96 bits per heavy atom. The van der Waals surface area contributed by atoms with E-state index in [0.717, 1.165) is 12.3 Å². The van der Waals surface area contributed by atoms with Crippen LogP contribution in [-0.4, -0.2) is 36.3 Å². The first-order valence-corrected chi connectivity index (χ1v) is 9.75. The highest BCUT2D eigenvalue weighted by Gasteiger charge is 2.19. The zero-order chi connectivity index (χ0) is 20.2. The zero-order valence-electron chi connectivity index (χ0n) is 14.7. The van der Waals surface area contributed by atoms with Gasteiger partial charge in [0.05, 0.1) is 0 Å². The van der Waals surface area contributed by atoms with E-state index >= 15 is 0 Å². The lowest BCUT2D eigenvalue weighted by Crippen LogP contribution is -2.24. The van der Waals surface area contributed by atoms with Crippen molar-refractivity contribution < 1.29 is 17.9 Å². The van der Waals surface area contributed by atoms with Gasteiger partial charge in [0.2, 0.25) is 5.88 Å². The number of sulfone groups is 1. The fraction of sp³-hybridized carbons (Fsp3) is 0.250. The topological polar surface area (TPSA) is 160 Å². The van der Waals surface area contributed by atoms with Gasteiger partial charge in [-0.1, -0.05) is 6.92 Å². The van der Waals surface area contributed by atoms with Crippen LogP contribution in [0.3, 0.4) is 0 Å². The van der Waals surface area contributed by atoms with Gasteiger partial charge < -0.3 is 16.2 Å². The third kappa shape index (κ3) is 5.14. The SMILES string of the molecule is CCCn1nc(Oc2ccc(C(=O)N=C(N)N)cc2S(C)(=O)=O)ccc1=O. The summed E-state index contributed by atoms with van der Waals surface area (Å²) in [4.78, 5) is 26.8. The van der Waals surface area contributed by atoms with E-state index in [1.54, 1.807) is 0 Å². The third-order valence-corrected chi connectivity index (χ3v) is 4.43. The van der Waals surface area contributed by atoms with E-state index in [9.17, 15) is 18.0 Å². The predicted octanol–water partition coefficient (Wildman–Crippen LogP) is 0.263. The van der Waals surface area contributed by atoms with Crippen LogP contribution in [0.25, 0.3) is 0 Å². The lowest BCUT2D eigenvalue weighted by molar-refractivity contribution is 0.100. The van der Waals surface area contributed by atoms with Crippen LogP contribution in [0.1, 0.15) is 23.7 Å². The number of carbonyl (C=O) groups excluding carboxylic acids is 1. The number of nitrogens with two attached hydrogens (primary N) is 2. The molecule has 0 atom stereocenters. The molecule has 0 fully saturated rings. The molecule has 0 aliphatic rings. The molecule has 0 radical (unpaired) electrons. The summed E-state index contributed by atoms with van der Waals surface area (Å²) in [5.41, 5.74) is 10.0. The Labute approximate surface area is 155 Å². The summed E-state index contributed by atoms with van der Waals surface area (Å²) >= 11 is 0. The molecule has 0 saturated heterocycles. The van der Waals surface area contributed by atoms with Gasteiger partial charge in [-0.3, -0.25) is 9.59 Å². The number of benzene rings is 1. The molecule has 2 rings (SSSR count). The number of aliphatic imine (C=N–C) groups is 1. The molecule has 0 spiro atoms. The van der Waals surface area contributed by atoms with Crippen LogP contribution in [0.15, 0.2) is 45.0 Å². The third-order valence-electron chi connectivity index (χ3n) is 3.31. The van der Waals surface area contributed by atoms with Crippen molar-refractivity contribution >= 4 is 21.7 Å². The highest BCUT2D eigenvalue weighted by Crippen LogP contribution is 2.29. The van der Waals surface area contributed by atoms with Gasteiger partial charge in [-0.05, 0) is 24.6 Å². The van der Waals surface area contributed by atoms with Crippen LogP contribution < -0.4 is 21.8 Å². The van der Waals surface area contributed by atoms with Crippen LogP contribution in [-0.2, 0) is 16.4 Å². The number of aromatic nitrogens is 2. The summed E-state index contributed by atoms with van der Waals surface area (Å²) < 4.78 is 31.0. The highest BCUT2D eigenvalue weighted by molar-refractivity contribution is 7.90. The Morgan fingerprint density at radius 3 is 2.56 bits per heavy atom. The van der Waals surface area contributed by atoms with Crippen molar-refractivity contribution in [1.82, 2.24) is 9.78 Å². The quantitative estimate of drug-likeness (QED) is 0.522. The van der Waals surface area contributed by atoms with Crippen LogP contribution in [0.2, 0.25) is 0 Å². The number of guanidine groups is 1. The highest BCUT2D eigenvalue weighted by atomic mass is 32.2. The molecule has 4 N–H and O–H groups in total. The van der Waals surface area contributed by atoms with Crippen molar-refractivity contribution in [3.8, 4) is 11.6 Å². The molecule has 27 heavy (non-hydrogen) atoms. The molecule has 0 bridgehead atoms. The lowest BCUT2D eigenvalue weighted by atomic mass is 10.2. The second-order valence-electron chi connectivity index (χ2n) is 5.61. The minimum atomic E-state index is -3.75. The molecule has 1 amide bonds. The summed E-state index contributed by atoms with van der Waals surface area (Å²) in [5, 5.41) is 4.04. The van der Waals surface area contributed by atoms with Crippen LogP contribution >= 0.6 is 0 Å². The molecule has 144 valence electrons. The summed E-state index contributed by atoms with van der Waals surface area (Å²) in [5.74, 6) is -1.24. The Morgan fingerprint density at radius 1 is 1.26 bits per heavy atom. The second kappa shape index (κ2) is 7.99. The smallest absolute Gasteiger partial charge is 0.280 e. The number of ether oxygens (including phenoxy) is 1. The Bertz CT molecular complexity index is 1060. The molecule has 1 aromatic heterocycles. The van der Waals surface area contributed by atoms with Gasteiger partial charge in [-0.25, -0.2) is 13.1 Å². The van der Waals surface area contributed by atoms with Crippen LogP contribution in [0, 0.1) is 0 Å². The molecule has 0 unspecified atom stereocenters. The van der Waals surface area contributed by atoms with Crippen molar-refractivity contribution in [1.29, 1.82) is 0 Å².